The highest BCUT2D eigenvalue weighted by Gasteiger charge is 2.41. The molecule has 2 saturated heterocycles. The molecule has 3 rings (SSSR count). The smallest absolute Gasteiger partial charge is 0.255 e. The van der Waals surface area contributed by atoms with Gasteiger partial charge in [-0.2, -0.15) is 0 Å². The van der Waals surface area contributed by atoms with Gasteiger partial charge in [-0.3, -0.25) is 9.59 Å². The molecule has 25 heavy (non-hydrogen) atoms. The van der Waals surface area contributed by atoms with E-state index in [9.17, 15) is 9.59 Å². The number of hydrogen-bond donors (Lipinski definition) is 0. The Hall–Kier alpha value is -2.08. The molecule has 0 saturated carbocycles. The van der Waals surface area contributed by atoms with Gasteiger partial charge in [-0.1, -0.05) is 12.1 Å². The van der Waals surface area contributed by atoms with E-state index < -0.39 is 5.60 Å². The molecule has 2 heterocycles. The minimum atomic E-state index is -0.767. The van der Waals surface area contributed by atoms with Gasteiger partial charge in [-0.25, -0.2) is 0 Å². The van der Waals surface area contributed by atoms with E-state index in [1.54, 1.807) is 16.9 Å². The lowest BCUT2D eigenvalue weighted by Crippen LogP contribution is -2.58. The Morgan fingerprint density at radius 2 is 2.00 bits per heavy atom. The molecule has 2 fully saturated rings. The average molecular weight is 346 g/mol. The number of methoxy groups -OCH3 is 1. The summed E-state index contributed by atoms with van der Waals surface area (Å²) in [7, 11) is 1.63. The summed E-state index contributed by atoms with van der Waals surface area (Å²) in [5, 5.41) is 0. The molecule has 1 aromatic rings. The molecular formula is C19H26N2O4. The summed E-state index contributed by atoms with van der Waals surface area (Å²) in [6, 6.07) is 7.70. The SMILES string of the molecule is COc1ccc(CN2CCN(C(=O)[C@]3(C)CCCCO3)CC2=O)cc1. The first-order chi connectivity index (χ1) is 12.0. The van der Waals surface area contributed by atoms with Crippen molar-refractivity contribution < 1.29 is 19.1 Å². The molecular weight excluding hydrogens is 320 g/mol. The van der Waals surface area contributed by atoms with E-state index in [4.69, 9.17) is 9.47 Å². The minimum Gasteiger partial charge on any atom is -0.497 e. The first-order valence-electron chi connectivity index (χ1n) is 8.86. The number of nitrogens with zero attached hydrogens (tertiary/aromatic N) is 2. The lowest BCUT2D eigenvalue weighted by molar-refractivity contribution is -0.166. The maximum atomic E-state index is 12.8. The average Bonchev–Trinajstić information content (AvgIpc) is 2.64. The quantitative estimate of drug-likeness (QED) is 0.834. The Balaban J connectivity index is 1.58. The maximum Gasteiger partial charge on any atom is 0.255 e. The molecule has 6 heteroatoms. The van der Waals surface area contributed by atoms with Crippen LogP contribution in [0.4, 0.5) is 0 Å². The second kappa shape index (κ2) is 7.44. The summed E-state index contributed by atoms with van der Waals surface area (Å²) in [4.78, 5) is 28.7. The normalized spacial score (nSPS) is 24.3. The number of amides is 2. The lowest BCUT2D eigenvalue weighted by atomic mass is 9.94. The van der Waals surface area contributed by atoms with E-state index in [2.05, 4.69) is 0 Å². The van der Waals surface area contributed by atoms with Crippen molar-refractivity contribution in [3.8, 4) is 5.75 Å². The topological polar surface area (TPSA) is 59.1 Å². The van der Waals surface area contributed by atoms with Crippen molar-refractivity contribution in [3.63, 3.8) is 0 Å². The van der Waals surface area contributed by atoms with Crippen LogP contribution in [0.3, 0.4) is 0 Å². The molecule has 0 aromatic heterocycles. The predicted octanol–water partition coefficient (Wildman–Crippen LogP) is 1.83. The number of rotatable bonds is 4. The fraction of sp³-hybridized carbons (Fsp3) is 0.579. The summed E-state index contributed by atoms with van der Waals surface area (Å²) in [6.07, 6.45) is 2.72. The van der Waals surface area contributed by atoms with Crippen molar-refractivity contribution in [1.82, 2.24) is 9.80 Å². The number of carbonyl (C=O) groups is 2. The molecule has 0 radical (unpaired) electrons. The third kappa shape index (κ3) is 3.95. The van der Waals surface area contributed by atoms with Gasteiger partial charge in [-0.15, -0.1) is 0 Å². The molecule has 6 nitrogen and oxygen atoms in total. The highest BCUT2D eigenvalue weighted by atomic mass is 16.5. The number of hydrogen-bond acceptors (Lipinski definition) is 4. The Morgan fingerprint density at radius 1 is 1.24 bits per heavy atom. The van der Waals surface area contributed by atoms with Gasteiger partial charge in [-0.05, 0) is 43.9 Å². The monoisotopic (exact) mass is 346 g/mol. The van der Waals surface area contributed by atoms with E-state index in [0.717, 1.165) is 30.6 Å². The standard InChI is InChI=1S/C19H26N2O4/c1-19(9-3-4-12-25-19)18(23)21-11-10-20(17(22)14-21)13-15-5-7-16(24-2)8-6-15/h5-8H,3-4,9-14H2,1-2H3/t19-/m0/s1. The molecule has 2 aliphatic rings. The largest absolute Gasteiger partial charge is 0.497 e. The van der Waals surface area contributed by atoms with Crippen molar-refractivity contribution >= 4 is 11.8 Å². The van der Waals surface area contributed by atoms with E-state index in [1.807, 2.05) is 31.2 Å². The van der Waals surface area contributed by atoms with Gasteiger partial charge in [0.2, 0.25) is 5.91 Å². The van der Waals surface area contributed by atoms with Crippen molar-refractivity contribution in [2.24, 2.45) is 0 Å². The number of piperazine rings is 1. The Bertz CT molecular complexity index is 623. The van der Waals surface area contributed by atoms with Gasteiger partial charge >= 0.3 is 0 Å². The zero-order chi connectivity index (χ0) is 17.9. The van der Waals surface area contributed by atoms with Crippen LogP contribution in [-0.2, 0) is 20.9 Å². The number of ether oxygens (including phenoxy) is 2. The Labute approximate surface area is 148 Å². The van der Waals surface area contributed by atoms with Gasteiger partial charge in [0, 0.05) is 26.2 Å². The van der Waals surface area contributed by atoms with Crippen molar-refractivity contribution in [2.75, 3.05) is 33.4 Å². The van der Waals surface area contributed by atoms with E-state index >= 15 is 0 Å². The lowest BCUT2D eigenvalue weighted by Gasteiger charge is -2.40. The fourth-order valence-corrected chi connectivity index (χ4v) is 3.44. The predicted molar refractivity (Wildman–Crippen MR) is 93.2 cm³/mol. The van der Waals surface area contributed by atoms with Crippen molar-refractivity contribution in [2.45, 2.75) is 38.3 Å². The van der Waals surface area contributed by atoms with Crippen LogP contribution in [0.1, 0.15) is 31.7 Å². The van der Waals surface area contributed by atoms with Gasteiger partial charge in [0.15, 0.2) is 0 Å². The highest BCUT2D eigenvalue weighted by Crippen LogP contribution is 2.27. The molecule has 0 bridgehead atoms. The van der Waals surface area contributed by atoms with E-state index in [1.165, 1.54) is 0 Å². The highest BCUT2D eigenvalue weighted by molar-refractivity contribution is 5.90. The first-order valence-corrected chi connectivity index (χ1v) is 8.86. The zero-order valence-electron chi connectivity index (χ0n) is 15.0. The minimum absolute atomic E-state index is 0.0187. The van der Waals surface area contributed by atoms with Crippen LogP contribution < -0.4 is 4.74 Å². The Kier molecular flexibility index (Phi) is 5.27. The number of carbonyl (C=O) groups excluding carboxylic acids is 2. The summed E-state index contributed by atoms with van der Waals surface area (Å²) in [6.45, 7) is 4.26. The summed E-state index contributed by atoms with van der Waals surface area (Å²) in [5.41, 5.74) is 0.285. The fourth-order valence-electron chi connectivity index (χ4n) is 3.44. The second-order valence-corrected chi connectivity index (χ2v) is 6.93. The zero-order valence-corrected chi connectivity index (χ0v) is 15.0. The van der Waals surface area contributed by atoms with Crippen LogP contribution in [0, 0.1) is 0 Å². The molecule has 2 aliphatic heterocycles. The first kappa shape index (κ1) is 17.7. The van der Waals surface area contributed by atoms with Crippen LogP contribution in [-0.4, -0.2) is 60.6 Å². The molecule has 0 N–H and O–H groups in total. The third-order valence-electron chi connectivity index (χ3n) is 5.06. The van der Waals surface area contributed by atoms with Crippen LogP contribution in [0.15, 0.2) is 24.3 Å². The van der Waals surface area contributed by atoms with Crippen molar-refractivity contribution in [1.29, 1.82) is 0 Å². The van der Waals surface area contributed by atoms with Crippen LogP contribution in [0.2, 0.25) is 0 Å². The molecule has 0 spiro atoms. The van der Waals surface area contributed by atoms with Gasteiger partial charge in [0.05, 0.1) is 13.7 Å². The summed E-state index contributed by atoms with van der Waals surface area (Å²) >= 11 is 0. The molecule has 136 valence electrons. The van der Waals surface area contributed by atoms with Crippen molar-refractivity contribution in [3.05, 3.63) is 29.8 Å². The molecule has 1 atom stereocenters. The van der Waals surface area contributed by atoms with Gasteiger partial charge in [0.25, 0.3) is 5.91 Å². The van der Waals surface area contributed by atoms with Gasteiger partial charge in [0.1, 0.15) is 11.4 Å². The molecule has 0 aliphatic carbocycles. The summed E-state index contributed by atoms with van der Waals surface area (Å²) < 4.78 is 10.9. The van der Waals surface area contributed by atoms with Crippen LogP contribution in [0.25, 0.3) is 0 Å². The molecule has 2 amide bonds. The van der Waals surface area contributed by atoms with E-state index in [-0.39, 0.29) is 18.4 Å². The Morgan fingerprint density at radius 3 is 2.60 bits per heavy atom. The second-order valence-electron chi connectivity index (χ2n) is 6.93. The van der Waals surface area contributed by atoms with Gasteiger partial charge < -0.3 is 19.3 Å². The van der Waals surface area contributed by atoms with Crippen LogP contribution >= 0.6 is 0 Å². The number of benzene rings is 1. The van der Waals surface area contributed by atoms with E-state index in [0.29, 0.717) is 26.2 Å². The van der Waals surface area contributed by atoms with Crippen LogP contribution in [0.5, 0.6) is 5.75 Å². The summed E-state index contributed by atoms with van der Waals surface area (Å²) in [5.74, 6) is 0.727. The molecule has 0 unspecified atom stereocenters. The molecule has 1 aromatic carbocycles. The maximum absolute atomic E-state index is 12.8. The third-order valence-corrected chi connectivity index (χ3v) is 5.06.